The van der Waals surface area contributed by atoms with Crippen LogP contribution in [0.4, 0.5) is 5.69 Å². The van der Waals surface area contributed by atoms with Crippen LogP contribution in [-0.4, -0.2) is 31.2 Å². The van der Waals surface area contributed by atoms with Gasteiger partial charge in [0.2, 0.25) is 11.8 Å². The van der Waals surface area contributed by atoms with Crippen molar-refractivity contribution < 1.29 is 19.1 Å². The molecular formula is C27H25Cl2N3O4. The van der Waals surface area contributed by atoms with Gasteiger partial charge in [0.1, 0.15) is 6.61 Å². The quantitative estimate of drug-likeness (QED) is 0.296. The molecule has 0 aromatic heterocycles. The van der Waals surface area contributed by atoms with Crippen LogP contribution >= 0.6 is 23.2 Å². The highest BCUT2D eigenvalue weighted by Crippen LogP contribution is 2.29. The summed E-state index contributed by atoms with van der Waals surface area (Å²) in [6.45, 7) is 3.01. The fourth-order valence-corrected chi connectivity index (χ4v) is 4.00. The van der Waals surface area contributed by atoms with Crippen molar-refractivity contribution in [2.75, 3.05) is 18.1 Å². The molecule has 1 aliphatic heterocycles. The summed E-state index contributed by atoms with van der Waals surface area (Å²) >= 11 is 11.9. The minimum atomic E-state index is -0.493. The summed E-state index contributed by atoms with van der Waals surface area (Å²) in [5.41, 5.74) is 4.96. The average Bonchev–Trinajstić information content (AvgIpc) is 3.27. The zero-order chi connectivity index (χ0) is 25.5. The number of halogens is 2. The van der Waals surface area contributed by atoms with Crippen LogP contribution in [0.2, 0.25) is 10.0 Å². The number of rotatable bonds is 9. The molecule has 1 saturated heterocycles. The zero-order valence-electron chi connectivity index (χ0n) is 19.6. The Bertz CT molecular complexity index is 1250. The average molecular weight is 526 g/mol. The van der Waals surface area contributed by atoms with E-state index in [1.807, 2.05) is 37.3 Å². The highest BCUT2D eigenvalue weighted by atomic mass is 35.5. The van der Waals surface area contributed by atoms with E-state index in [1.54, 1.807) is 41.3 Å². The van der Waals surface area contributed by atoms with Crippen LogP contribution in [0.1, 0.15) is 24.5 Å². The molecule has 186 valence electrons. The summed E-state index contributed by atoms with van der Waals surface area (Å²) in [5.74, 6) is 0.246. The van der Waals surface area contributed by atoms with Gasteiger partial charge in [0.05, 0.1) is 18.7 Å². The number of benzene rings is 3. The van der Waals surface area contributed by atoms with Gasteiger partial charge in [0, 0.05) is 28.7 Å². The Balaban J connectivity index is 1.35. The molecule has 0 aliphatic carbocycles. The molecule has 3 aromatic carbocycles. The van der Waals surface area contributed by atoms with E-state index in [0.29, 0.717) is 40.4 Å². The SMILES string of the molecule is CCOc1cc(/C=N\NC(=O)[C@H]2CC(=O)N(c3ccc(Cl)cc3)C2)ccc1OCc1ccc(Cl)cc1. The number of ether oxygens (including phenoxy) is 2. The maximum Gasteiger partial charge on any atom is 0.245 e. The monoisotopic (exact) mass is 525 g/mol. The summed E-state index contributed by atoms with van der Waals surface area (Å²) in [7, 11) is 0. The molecule has 1 heterocycles. The van der Waals surface area contributed by atoms with E-state index >= 15 is 0 Å². The normalized spacial score (nSPS) is 15.4. The number of anilines is 1. The number of nitrogens with zero attached hydrogens (tertiary/aromatic N) is 2. The molecule has 7 nitrogen and oxygen atoms in total. The van der Waals surface area contributed by atoms with Crippen molar-refractivity contribution in [3.8, 4) is 11.5 Å². The zero-order valence-corrected chi connectivity index (χ0v) is 21.1. The largest absolute Gasteiger partial charge is 0.490 e. The molecule has 1 aliphatic rings. The first-order chi connectivity index (χ1) is 17.4. The maximum atomic E-state index is 12.6. The molecule has 1 N–H and O–H groups in total. The summed E-state index contributed by atoms with van der Waals surface area (Å²) in [4.78, 5) is 26.6. The van der Waals surface area contributed by atoms with E-state index in [4.69, 9.17) is 32.7 Å². The predicted octanol–water partition coefficient (Wildman–Crippen LogP) is 5.47. The first-order valence-electron chi connectivity index (χ1n) is 11.5. The molecule has 0 spiro atoms. The van der Waals surface area contributed by atoms with Crippen LogP contribution in [0.15, 0.2) is 71.8 Å². The topological polar surface area (TPSA) is 80.2 Å². The Kier molecular flexibility index (Phi) is 8.46. The van der Waals surface area contributed by atoms with Gasteiger partial charge in [0.15, 0.2) is 11.5 Å². The third kappa shape index (κ3) is 6.56. The first kappa shape index (κ1) is 25.5. The van der Waals surface area contributed by atoms with Crippen molar-refractivity contribution in [3.63, 3.8) is 0 Å². The predicted molar refractivity (Wildman–Crippen MR) is 141 cm³/mol. The molecule has 0 unspecified atom stereocenters. The lowest BCUT2D eigenvalue weighted by atomic mass is 10.1. The summed E-state index contributed by atoms with van der Waals surface area (Å²) in [6.07, 6.45) is 1.65. The van der Waals surface area contributed by atoms with E-state index in [0.717, 1.165) is 11.1 Å². The van der Waals surface area contributed by atoms with Gasteiger partial charge in [-0.1, -0.05) is 35.3 Å². The van der Waals surface area contributed by atoms with E-state index in [-0.39, 0.29) is 24.8 Å². The van der Waals surface area contributed by atoms with Gasteiger partial charge >= 0.3 is 0 Å². The molecule has 3 aromatic rings. The third-order valence-corrected chi connectivity index (χ3v) is 6.10. The number of carbonyl (C=O) groups is 2. The number of hydrogen-bond acceptors (Lipinski definition) is 5. The molecule has 36 heavy (non-hydrogen) atoms. The minimum absolute atomic E-state index is 0.114. The van der Waals surface area contributed by atoms with Crippen molar-refractivity contribution in [3.05, 3.63) is 87.9 Å². The van der Waals surface area contributed by atoms with Crippen LogP contribution in [0, 0.1) is 5.92 Å². The highest BCUT2D eigenvalue weighted by Gasteiger charge is 2.35. The Labute approximate surface area is 219 Å². The van der Waals surface area contributed by atoms with Crippen molar-refractivity contribution >= 4 is 46.9 Å². The molecule has 9 heteroatoms. The van der Waals surface area contributed by atoms with Gasteiger partial charge in [-0.05, 0) is 72.6 Å². The number of nitrogens with one attached hydrogen (secondary N) is 1. The number of hydrogen-bond donors (Lipinski definition) is 1. The molecular weight excluding hydrogens is 501 g/mol. The lowest BCUT2D eigenvalue weighted by Gasteiger charge is -2.16. The summed E-state index contributed by atoms with van der Waals surface area (Å²) in [5, 5.41) is 5.33. The second-order valence-corrected chi connectivity index (χ2v) is 9.04. The second kappa shape index (κ2) is 11.9. The van der Waals surface area contributed by atoms with Crippen LogP contribution < -0.4 is 19.8 Å². The van der Waals surface area contributed by atoms with Gasteiger partial charge in [-0.15, -0.1) is 0 Å². The Hall–Kier alpha value is -3.55. The Morgan fingerprint density at radius 2 is 1.72 bits per heavy atom. The molecule has 0 radical (unpaired) electrons. The van der Waals surface area contributed by atoms with E-state index in [2.05, 4.69) is 10.5 Å². The summed E-state index contributed by atoms with van der Waals surface area (Å²) in [6, 6.07) is 19.8. The third-order valence-electron chi connectivity index (χ3n) is 5.60. The smallest absolute Gasteiger partial charge is 0.245 e. The second-order valence-electron chi connectivity index (χ2n) is 8.17. The van der Waals surface area contributed by atoms with Crippen LogP contribution in [0.25, 0.3) is 0 Å². The summed E-state index contributed by atoms with van der Waals surface area (Å²) < 4.78 is 11.6. The molecule has 1 fully saturated rings. The Morgan fingerprint density at radius 3 is 2.42 bits per heavy atom. The van der Waals surface area contributed by atoms with Crippen LogP contribution in [-0.2, 0) is 16.2 Å². The van der Waals surface area contributed by atoms with Gasteiger partial charge in [0.25, 0.3) is 0 Å². The van der Waals surface area contributed by atoms with Crippen molar-refractivity contribution in [1.82, 2.24) is 5.43 Å². The molecule has 0 saturated carbocycles. The van der Waals surface area contributed by atoms with Gasteiger partial charge < -0.3 is 14.4 Å². The first-order valence-corrected chi connectivity index (χ1v) is 12.2. The lowest BCUT2D eigenvalue weighted by Crippen LogP contribution is -2.30. The fourth-order valence-electron chi connectivity index (χ4n) is 3.75. The lowest BCUT2D eigenvalue weighted by molar-refractivity contribution is -0.126. The van der Waals surface area contributed by atoms with E-state index in [1.165, 1.54) is 6.21 Å². The van der Waals surface area contributed by atoms with Gasteiger partial charge in [-0.2, -0.15) is 5.10 Å². The fraction of sp³-hybridized carbons (Fsp3) is 0.222. The number of hydrazone groups is 1. The number of carbonyl (C=O) groups excluding carboxylic acids is 2. The van der Waals surface area contributed by atoms with Crippen LogP contribution in [0.5, 0.6) is 11.5 Å². The standard InChI is InChI=1S/C27H25Cl2N3O4/c1-2-35-25-13-19(5-12-24(25)36-17-18-3-6-21(28)7-4-18)15-30-31-27(34)20-14-26(33)32(16-20)23-10-8-22(29)9-11-23/h3-13,15,20H,2,14,16-17H2,1H3,(H,31,34)/b30-15-/t20-/m0/s1. The van der Waals surface area contributed by atoms with Gasteiger partial charge in [-0.3, -0.25) is 9.59 Å². The molecule has 0 bridgehead atoms. The van der Waals surface area contributed by atoms with Gasteiger partial charge in [-0.25, -0.2) is 5.43 Å². The maximum absolute atomic E-state index is 12.6. The Morgan fingerprint density at radius 1 is 1.03 bits per heavy atom. The molecule has 2 amide bonds. The van der Waals surface area contributed by atoms with E-state index in [9.17, 15) is 9.59 Å². The minimum Gasteiger partial charge on any atom is -0.490 e. The number of amides is 2. The van der Waals surface area contributed by atoms with Crippen molar-refractivity contribution in [2.24, 2.45) is 11.0 Å². The van der Waals surface area contributed by atoms with Crippen molar-refractivity contribution in [1.29, 1.82) is 0 Å². The van der Waals surface area contributed by atoms with Crippen LogP contribution in [0.3, 0.4) is 0 Å². The van der Waals surface area contributed by atoms with E-state index < -0.39 is 5.92 Å². The van der Waals surface area contributed by atoms with Crippen molar-refractivity contribution in [2.45, 2.75) is 20.0 Å². The highest BCUT2D eigenvalue weighted by molar-refractivity contribution is 6.30. The molecule has 4 rings (SSSR count). The molecule has 1 atom stereocenters.